The quantitative estimate of drug-likeness (QED) is 0.451. The molecule has 0 aliphatic heterocycles. The van der Waals surface area contributed by atoms with E-state index in [0.29, 0.717) is 30.3 Å². The largest absolute Gasteiger partial charge is 0.397 e. The zero-order valence-corrected chi connectivity index (χ0v) is 10.6. The number of nitrogens with two attached hydrogens (primary N) is 2. The number of nitrogens with one attached hydrogen (secondary N) is 2. The van der Waals surface area contributed by atoms with Gasteiger partial charge in [0.05, 0.1) is 30.6 Å². The van der Waals surface area contributed by atoms with Crippen LogP contribution in [0.25, 0.3) is 0 Å². The Morgan fingerprint density at radius 2 is 2.26 bits per heavy atom. The number of rotatable bonds is 6. The predicted molar refractivity (Wildman–Crippen MR) is 73.3 cm³/mol. The van der Waals surface area contributed by atoms with Gasteiger partial charge in [-0.2, -0.15) is 0 Å². The van der Waals surface area contributed by atoms with E-state index < -0.39 is 0 Å². The lowest BCUT2D eigenvalue weighted by molar-refractivity contribution is -0.703. The maximum absolute atomic E-state index is 8.94. The van der Waals surface area contributed by atoms with Crippen molar-refractivity contribution >= 4 is 17.2 Å². The fourth-order valence-electron chi connectivity index (χ4n) is 1.88. The van der Waals surface area contributed by atoms with Gasteiger partial charge in [0.25, 0.3) is 5.82 Å². The Labute approximate surface area is 111 Å². The first kappa shape index (κ1) is 13.2. The van der Waals surface area contributed by atoms with Crippen LogP contribution >= 0.6 is 0 Å². The van der Waals surface area contributed by atoms with Crippen molar-refractivity contribution in [1.82, 2.24) is 9.97 Å². The first-order valence-electron chi connectivity index (χ1n) is 6.12. The van der Waals surface area contributed by atoms with Gasteiger partial charge in [-0.15, -0.1) is 0 Å². The number of aromatic nitrogens is 3. The topological polar surface area (TPSA) is 117 Å². The van der Waals surface area contributed by atoms with Gasteiger partial charge in [0.2, 0.25) is 0 Å². The second-order valence-corrected chi connectivity index (χ2v) is 4.21. The Morgan fingerprint density at radius 1 is 1.42 bits per heavy atom. The summed E-state index contributed by atoms with van der Waals surface area (Å²) in [5.74, 6) is 1.67. The number of aromatic amines is 1. The molecule has 0 amide bonds. The Hall–Kier alpha value is -2.28. The molecule has 7 N–H and O–H groups in total. The zero-order valence-electron chi connectivity index (χ0n) is 10.6. The molecule has 2 heterocycles. The molecule has 0 atom stereocenters. The van der Waals surface area contributed by atoms with Crippen LogP contribution in [0, 0.1) is 0 Å². The number of hydrogen-bond donors (Lipinski definition) is 5. The molecular formula is C12H19N6O+. The van der Waals surface area contributed by atoms with Gasteiger partial charge in [0.15, 0.2) is 0 Å². The second-order valence-electron chi connectivity index (χ2n) is 4.21. The molecular weight excluding hydrogens is 244 g/mol. The SMILES string of the molecule is Nc1cnc(NCCc2[nH]cc[n+]2CCO)c(N)c1. The first-order chi connectivity index (χ1) is 9.20. The summed E-state index contributed by atoms with van der Waals surface area (Å²) in [5.41, 5.74) is 12.5. The molecule has 19 heavy (non-hydrogen) atoms. The van der Waals surface area contributed by atoms with Crippen molar-refractivity contribution in [3.8, 4) is 0 Å². The van der Waals surface area contributed by atoms with Crippen LogP contribution in [-0.2, 0) is 13.0 Å². The number of aliphatic hydroxyl groups is 1. The molecule has 2 rings (SSSR count). The second kappa shape index (κ2) is 6.05. The van der Waals surface area contributed by atoms with Crippen molar-refractivity contribution in [3.63, 3.8) is 0 Å². The third-order valence-electron chi connectivity index (χ3n) is 2.78. The van der Waals surface area contributed by atoms with Crippen molar-refractivity contribution in [2.75, 3.05) is 29.9 Å². The van der Waals surface area contributed by atoms with Gasteiger partial charge in [-0.05, 0) is 6.07 Å². The van der Waals surface area contributed by atoms with E-state index in [1.54, 1.807) is 12.3 Å². The molecule has 0 aliphatic rings. The minimum absolute atomic E-state index is 0.120. The van der Waals surface area contributed by atoms with Gasteiger partial charge in [0.1, 0.15) is 24.8 Å². The van der Waals surface area contributed by atoms with E-state index in [2.05, 4.69) is 15.3 Å². The summed E-state index contributed by atoms with van der Waals surface area (Å²) in [7, 11) is 0. The Morgan fingerprint density at radius 3 is 3.00 bits per heavy atom. The molecule has 0 bridgehead atoms. The molecule has 7 heteroatoms. The highest BCUT2D eigenvalue weighted by atomic mass is 16.3. The molecule has 2 aromatic rings. The maximum Gasteiger partial charge on any atom is 0.256 e. The van der Waals surface area contributed by atoms with Crippen LogP contribution < -0.4 is 21.4 Å². The summed E-state index contributed by atoms with van der Waals surface area (Å²) in [6.45, 7) is 1.39. The molecule has 0 saturated heterocycles. The van der Waals surface area contributed by atoms with Gasteiger partial charge >= 0.3 is 0 Å². The lowest BCUT2D eigenvalue weighted by Gasteiger charge is -2.07. The van der Waals surface area contributed by atoms with Crippen molar-refractivity contribution in [2.45, 2.75) is 13.0 Å². The molecule has 102 valence electrons. The van der Waals surface area contributed by atoms with Crippen LogP contribution in [-0.4, -0.2) is 28.2 Å². The fraction of sp³-hybridized carbons (Fsp3) is 0.333. The fourth-order valence-corrected chi connectivity index (χ4v) is 1.88. The zero-order chi connectivity index (χ0) is 13.7. The lowest BCUT2D eigenvalue weighted by Crippen LogP contribution is -2.38. The van der Waals surface area contributed by atoms with Gasteiger partial charge in [0, 0.05) is 6.54 Å². The Kier molecular flexibility index (Phi) is 4.19. The molecule has 0 spiro atoms. The average molecular weight is 263 g/mol. The molecule has 0 unspecified atom stereocenters. The maximum atomic E-state index is 8.94. The average Bonchev–Trinajstić information content (AvgIpc) is 2.80. The van der Waals surface area contributed by atoms with Crippen LogP contribution in [0.15, 0.2) is 24.7 Å². The van der Waals surface area contributed by atoms with Crippen LogP contribution in [0.3, 0.4) is 0 Å². The van der Waals surface area contributed by atoms with E-state index in [1.165, 1.54) is 0 Å². The number of anilines is 3. The van der Waals surface area contributed by atoms with Gasteiger partial charge < -0.3 is 21.9 Å². The molecule has 0 radical (unpaired) electrons. The smallest absolute Gasteiger partial charge is 0.256 e. The summed E-state index contributed by atoms with van der Waals surface area (Å²) in [6.07, 6.45) is 6.10. The van der Waals surface area contributed by atoms with Crippen molar-refractivity contribution in [3.05, 3.63) is 30.5 Å². The number of H-pyrrole nitrogens is 1. The normalized spacial score (nSPS) is 10.6. The number of aliphatic hydroxyl groups excluding tert-OH is 1. The van der Waals surface area contributed by atoms with Crippen LogP contribution in [0.4, 0.5) is 17.2 Å². The first-order valence-corrected chi connectivity index (χ1v) is 6.12. The highest BCUT2D eigenvalue weighted by Crippen LogP contribution is 2.16. The summed E-state index contributed by atoms with van der Waals surface area (Å²) in [4.78, 5) is 7.28. The number of nitrogens with zero attached hydrogens (tertiary/aromatic N) is 2. The van der Waals surface area contributed by atoms with Crippen molar-refractivity contribution < 1.29 is 9.67 Å². The van der Waals surface area contributed by atoms with Crippen molar-refractivity contribution in [2.24, 2.45) is 0 Å². The highest BCUT2D eigenvalue weighted by molar-refractivity contribution is 5.65. The summed E-state index contributed by atoms with van der Waals surface area (Å²) in [5, 5.41) is 12.1. The third-order valence-corrected chi connectivity index (χ3v) is 2.78. The lowest BCUT2D eigenvalue weighted by atomic mass is 10.3. The predicted octanol–water partition coefficient (Wildman–Crippen LogP) is -0.491. The number of pyridine rings is 1. The van der Waals surface area contributed by atoms with Crippen LogP contribution in [0.5, 0.6) is 0 Å². The van der Waals surface area contributed by atoms with Gasteiger partial charge in [-0.25, -0.2) is 14.5 Å². The molecule has 0 aliphatic carbocycles. The molecule has 0 fully saturated rings. The third kappa shape index (κ3) is 3.35. The molecule has 2 aromatic heterocycles. The van der Waals surface area contributed by atoms with E-state index in [9.17, 15) is 0 Å². The Balaban J connectivity index is 1.91. The van der Waals surface area contributed by atoms with E-state index >= 15 is 0 Å². The van der Waals surface area contributed by atoms with E-state index in [4.69, 9.17) is 16.6 Å². The van der Waals surface area contributed by atoms with E-state index in [0.717, 1.165) is 12.2 Å². The number of hydrogen-bond acceptors (Lipinski definition) is 5. The molecule has 7 nitrogen and oxygen atoms in total. The number of nitrogen functional groups attached to an aromatic ring is 2. The monoisotopic (exact) mass is 263 g/mol. The summed E-state index contributed by atoms with van der Waals surface area (Å²) >= 11 is 0. The van der Waals surface area contributed by atoms with Crippen LogP contribution in [0.1, 0.15) is 5.82 Å². The van der Waals surface area contributed by atoms with E-state index in [1.807, 2.05) is 17.0 Å². The standard InChI is InChI=1S/C12H18N6O/c13-9-7-10(14)12(17-8-9)16-2-1-11-15-3-4-18(11)5-6-19/h3-4,7-8,19H,1-2,5-6,13-14H2,(H,16,17)/p+1. The molecule has 0 saturated carbocycles. The van der Waals surface area contributed by atoms with Crippen molar-refractivity contribution in [1.29, 1.82) is 0 Å². The summed E-state index contributed by atoms with van der Waals surface area (Å²) in [6, 6.07) is 1.68. The minimum atomic E-state index is 0.120. The molecule has 0 aromatic carbocycles. The van der Waals surface area contributed by atoms with E-state index in [-0.39, 0.29) is 6.61 Å². The number of imidazole rings is 1. The minimum Gasteiger partial charge on any atom is -0.397 e. The summed E-state index contributed by atoms with van der Waals surface area (Å²) < 4.78 is 1.97. The van der Waals surface area contributed by atoms with Gasteiger partial charge in [-0.1, -0.05) is 0 Å². The van der Waals surface area contributed by atoms with Gasteiger partial charge in [-0.3, -0.25) is 0 Å². The highest BCUT2D eigenvalue weighted by Gasteiger charge is 2.09. The van der Waals surface area contributed by atoms with Crippen LogP contribution in [0.2, 0.25) is 0 Å². The Bertz CT molecular complexity index is 539.